The van der Waals surface area contributed by atoms with Crippen LogP contribution in [0.4, 0.5) is 0 Å². The van der Waals surface area contributed by atoms with Crippen LogP contribution in [0.15, 0.2) is 0 Å². The molecule has 1 atom stereocenters. The average molecular weight is 151 g/mol. The third-order valence-corrected chi connectivity index (χ3v) is 1.80. The van der Waals surface area contributed by atoms with Crippen LogP contribution in [-0.2, 0) is 4.79 Å². The van der Waals surface area contributed by atoms with E-state index in [0.717, 1.165) is 11.8 Å². The van der Waals surface area contributed by atoms with Gasteiger partial charge in [0.05, 0.1) is 6.04 Å². The molecule has 2 nitrogen and oxygen atoms in total. The van der Waals surface area contributed by atoms with Gasteiger partial charge in [-0.3, -0.25) is 4.79 Å². The van der Waals surface area contributed by atoms with Crippen LogP contribution >= 0.6 is 24.4 Å². The zero-order valence-corrected chi connectivity index (χ0v) is 6.34. The lowest BCUT2D eigenvalue weighted by Crippen LogP contribution is -2.29. The van der Waals surface area contributed by atoms with Crippen molar-refractivity contribution in [3.8, 4) is 0 Å². The summed E-state index contributed by atoms with van der Waals surface area (Å²) in [5, 5.41) is 0. The molecule has 0 aromatic heterocycles. The van der Waals surface area contributed by atoms with E-state index in [9.17, 15) is 4.79 Å². The highest BCUT2D eigenvalue weighted by atomic mass is 32.2. The highest BCUT2D eigenvalue weighted by Gasteiger charge is 2.07. The second-order valence-electron chi connectivity index (χ2n) is 1.31. The number of hydrogen-bond donors (Lipinski definition) is 2. The molecule has 2 N–H and O–H groups in total. The normalized spacial score (nSPS) is 13.4. The quantitative estimate of drug-likeness (QED) is 0.551. The van der Waals surface area contributed by atoms with E-state index in [1.54, 1.807) is 6.26 Å². The van der Waals surface area contributed by atoms with Crippen molar-refractivity contribution in [2.45, 2.75) is 6.04 Å². The maximum Gasteiger partial charge on any atom is 0.206 e. The van der Waals surface area contributed by atoms with E-state index in [-0.39, 0.29) is 5.12 Å². The number of carbonyl (C=O) groups excluding carboxylic acids is 1. The first-order chi connectivity index (χ1) is 3.72. The smallest absolute Gasteiger partial charge is 0.206 e. The first kappa shape index (κ1) is 8.33. The summed E-state index contributed by atoms with van der Waals surface area (Å²) in [6.45, 7) is 0. The molecule has 0 rings (SSSR count). The van der Waals surface area contributed by atoms with Gasteiger partial charge in [-0.15, -0.1) is 0 Å². The van der Waals surface area contributed by atoms with Gasteiger partial charge in [0.2, 0.25) is 5.12 Å². The molecule has 8 heavy (non-hydrogen) atoms. The first-order valence-corrected chi connectivity index (χ1v) is 4.02. The zero-order chi connectivity index (χ0) is 6.57. The van der Waals surface area contributed by atoms with Crippen molar-refractivity contribution in [2.24, 2.45) is 5.73 Å². The van der Waals surface area contributed by atoms with Gasteiger partial charge in [-0.1, -0.05) is 11.8 Å². The minimum atomic E-state index is -0.395. The topological polar surface area (TPSA) is 43.1 Å². The number of nitrogens with two attached hydrogens (primary N) is 1. The monoisotopic (exact) mass is 151 g/mol. The molecule has 0 spiro atoms. The Morgan fingerprint density at radius 3 is 2.62 bits per heavy atom. The minimum Gasteiger partial charge on any atom is -0.320 e. The van der Waals surface area contributed by atoms with Crippen LogP contribution in [0, 0.1) is 0 Å². The van der Waals surface area contributed by atoms with Gasteiger partial charge in [-0.2, -0.15) is 12.6 Å². The van der Waals surface area contributed by atoms with Gasteiger partial charge in [-0.05, 0) is 6.26 Å². The lowest BCUT2D eigenvalue weighted by atomic mass is 10.4. The summed E-state index contributed by atoms with van der Waals surface area (Å²) >= 11 is 4.99. The van der Waals surface area contributed by atoms with Gasteiger partial charge < -0.3 is 5.73 Å². The standard InChI is InChI=1S/C4H9NOS2/c1-8-4(6)3(5)2-7/h3,7H,2,5H2,1H3/t3-/m0/s1. The molecule has 0 aliphatic rings. The van der Waals surface area contributed by atoms with Crippen LogP contribution in [0.2, 0.25) is 0 Å². The summed E-state index contributed by atoms with van der Waals surface area (Å²) in [5.74, 6) is 0.430. The molecule has 4 heteroatoms. The van der Waals surface area contributed by atoms with Crippen LogP contribution in [-0.4, -0.2) is 23.2 Å². The van der Waals surface area contributed by atoms with Crippen LogP contribution in [0.3, 0.4) is 0 Å². The summed E-state index contributed by atoms with van der Waals surface area (Å²) in [4.78, 5) is 10.5. The van der Waals surface area contributed by atoms with E-state index in [2.05, 4.69) is 12.6 Å². The van der Waals surface area contributed by atoms with E-state index in [4.69, 9.17) is 5.73 Å². The molecule has 0 saturated carbocycles. The lowest BCUT2D eigenvalue weighted by molar-refractivity contribution is -0.111. The Morgan fingerprint density at radius 2 is 2.50 bits per heavy atom. The van der Waals surface area contributed by atoms with Crippen molar-refractivity contribution in [3.05, 3.63) is 0 Å². The number of thiol groups is 1. The molecule has 0 bridgehead atoms. The van der Waals surface area contributed by atoms with Gasteiger partial charge in [0.25, 0.3) is 0 Å². The Bertz CT molecular complexity index is 86.1. The van der Waals surface area contributed by atoms with Crippen molar-refractivity contribution in [1.82, 2.24) is 0 Å². The molecule has 0 saturated heterocycles. The fraction of sp³-hybridized carbons (Fsp3) is 0.750. The van der Waals surface area contributed by atoms with Gasteiger partial charge in [0.15, 0.2) is 0 Å². The molecule has 0 unspecified atom stereocenters. The molecular weight excluding hydrogens is 142 g/mol. The Balaban J connectivity index is 3.46. The summed E-state index contributed by atoms with van der Waals surface area (Å²) < 4.78 is 0. The highest BCUT2D eigenvalue weighted by molar-refractivity contribution is 8.13. The van der Waals surface area contributed by atoms with E-state index >= 15 is 0 Å². The number of rotatable bonds is 2. The second-order valence-corrected chi connectivity index (χ2v) is 2.49. The van der Waals surface area contributed by atoms with E-state index in [1.165, 1.54) is 0 Å². The third kappa shape index (κ3) is 2.59. The summed E-state index contributed by atoms with van der Waals surface area (Å²) in [5.41, 5.74) is 5.28. The van der Waals surface area contributed by atoms with Crippen molar-refractivity contribution in [1.29, 1.82) is 0 Å². The maximum atomic E-state index is 10.5. The van der Waals surface area contributed by atoms with Gasteiger partial charge >= 0.3 is 0 Å². The van der Waals surface area contributed by atoms with Crippen LogP contribution < -0.4 is 5.73 Å². The molecule has 0 aliphatic heterocycles. The highest BCUT2D eigenvalue weighted by Crippen LogP contribution is 1.98. The van der Waals surface area contributed by atoms with Crippen molar-refractivity contribution in [3.63, 3.8) is 0 Å². The predicted octanol–water partition coefficient (Wildman–Crippen LogP) is 0.133. The Kier molecular flexibility index (Phi) is 4.41. The number of thioether (sulfide) groups is 1. The fourth-order valence-corrected chi connectivity index (χ4v) is 0.901. The van der Waals surface area contributed by atoms with Crippen LogP contribution in [0.25, 0.3) is 0 Å². The van der Waals surface area contributed by atoms with Gasteiger partial charge in [0, 0.05) is 5.75 Å². The molecule has 0 aliphatic carbocycles. The molecule has 0 aromatic carbocycles. The average Bonchev–Trinajstić information content (AvgIpc) is 1.84. The molecule has 0 amide bonds. The summed E-state index contributed by atoms with van der Waals surface area (Å²) in [6, 6.07) is -0.395. The van der Waals surface area contributed by atoms with Crippen molar-refractivity contribution < 1.29 is 4.79 Å². The largest absolute Gasteiger partial charge is 0.320 e. The van der Waals surface area contributed by atoms with E-state index in [0.29, 0.717) is 5.75 Å². The Labute approximate surface area is 58.6 Å². The summed E-state index contributed by atoms with van der Waals surface area (Å²) in [6.07, 6.45) is 1.71. The van der Waals surface area contributed by atoms with E-state index in [1.807, 2.05) is 0 Å². The molecule has 0 aromatic rings. The molecule has 48 valence electrons. The van der Waals surface area contributed by atoms with Gasteiger partial charge in [0.1, 0.15) is 0 Å². The van der Waals surface area contributed by atoms with Crippen LogP contribution in [0.1, 0.15) is 0 Å². The number of carbonyl (C=O) groups is 1. The molecule has 0 radical (unpaired) electrons. The SMILES string of the molecule is CSC(=O)[C@@H](N)CS. The Hall–Kier alpha value is 0.330. The first-order valence-electron chi connectivity index (χ1n) is 2.16. The molecule has 0 fully saturated rings. The zero-order valence-electron chi connectivity index (χ0n) is 4.63. The Morgan fingerprint density at radius 1 is 2.00 bits per heavy atom. The minimum absolute atomic E-state index is 0. The second kappa shape index (κ2) is 4.23. The fourth-order valence-electron chi connectivity index (χ4n) is 0.226. The van der Waals surface area contributed by atoms with Crippen molar-refractivity contribution in [2.75, 3.05) is 12.0 Å². The summed E-state index contributed by atoms with van der Waals surface area (Å²) in [7, 11) is 0. The molecule has 0 heterocycles. The third-order valence-electron chi connectivity index (χ3n) is 0.701. The molecular formula is C4H9NOS2. The predicted molar refractivity (Wildman–Crippen MR) is 40.4 cm³/mol. The van der Waals surface area contributed by atoms with E-state index < -0.39 is 6.04 Å². The number of hydrogen-bond acceptors (Lipinski definition) is 4. The van der Waals surface area contributed by atoms with Crippen LogP contribution in [0.5, 0.6) is 0 Å². The van der Waals surface area contributed by atoms with Crippen molar-refractivity contribution >= 4 is 29.5 Å². The van der Waals surface area contributed by atoms with Gasteiger partial charge in [-0.25, -0.2) is 0 Å². The maximum absolute atomic E-state index is 10.5. The lowest BCUT2D eigenvalue weighted by Gasteiger charge is -2.01.